The van der Waals surface area contributed by atoms with Crippen molar-refractivity contribution in [3.63, 3.8) is 0 Å². The second-order valence-corrected chi connectivity index (χ2v) is 9.88. The molecular formula is C25H35N5O5. The summed E-state index contributed by atoms with van der Waals surface area (Å²) in [5, 5.41) is 11.6. The Balaban J connectivity index is 1.69. The van der Waals surface area contributed by atoms with Crippen LogP contribution in [0, 0.1) is 11.8 Å². The second kappa shape index (κ2) is 11.9. The zero-order valence-electron chi connectivity index (χ0n) is 20.8. The fraction of sp³-hybridized carbons (Fsp3) is 0.560. The molecule has 1 aliphatic rings. The van der Waals surface area contributed by atoms with Crippen LogP contribution in [-0.4, -0.2) is 58.9 Å². The van der Waals surface area contributed by atoms with Crippen LogP contribution in [0.15, 0.2) is 33.5 Å². The van der Waals surface area contributed by atoms with Crippen molar-refractivity contribution in [2.24, 2.45) is 11.8 Å². The van der Waals surface area contributed by atoms with Gasteiger partial charge >= 0.3 is 5.76 Å². The van der Waals surface area contributed by atoms with Gasteiger partial charge in [-0.2, -0.15) is 0 Å². The average Bonchev–Trinajstić information content (AvgIpc) is 3.24. The van der Waals surface area contributed by atoms with Crippen molar-refractivity contribution >= 4 is 17.6 Å². The Labute approximate surface area is 204 Å². The molecule has 3 rings (SSSR count). The van der Waals surface area contributed by atoms with Crippen molar-refractivity contribution < 1.29 is 18.8 Å². The molecule has 0 spiro atoms. The lowest BCUT2D eigenvalue weighted by Gasteiger charge is -2.32. The third-order valence-electron chi connectivity index (χ3n) is 6.12. The maximum Gasteiger partial charge on any atom is 0.434 e. The molecule has 35 heavy (non-hydrogen) atoms. The van der Waals surface area contributed by atoms with Gasteiger partial charge in [-0.15, -0.1) is 5.10 Å². The maximum atomic E-state index is 13.3. The van der Waals surface area contributed by atoms with Crippen molar-refractivity contribution in [1.29, 1.82) is 0 Å². The molecule has 1 aromatic heterocycles. The molecule has 3 atom stereocenters. The predicted molar refractivity (Wildman–Crippen MR) is 130 cm³/mol. The number of carbonyl (C=O) groups excluding carboxylic acids is 3. The Kier molecular flexibility index (Phi) is 8.97. The first-order chi connectivity index (χ1) is 16.6. The minimum absolute atomic E-state index is 0.104. The van der Waals surface area contributed by atoms with Gasteiger partial charge in [-0.1, -0.05) is 38.8 Å². The van der Waals surface area contributed by atoms with Gasteiger partial charge in [-0.25, -0.2) is 9.89 Å². The normalized spacial score (nSPS) is 18.9. The van der Waals surface area contributed by atoms with E-state index in [1.807, 2.05) is 40.1 Å². The van der Waals surface area contributed by atoms with Gasteiger partial charge in [-0.05, 0) is 57.0 Å². The van der Waals surface area contributed by atoms with Gasteiger partial charge in [0.05, 0.1) is 12.0 Å². The summed E-state index contributed by atoms with van der Waals surface area (Å²) in [6.45, 7) is 4.64. The van der Waals surface area contributed by atoms with E-state index in [9.17, 15) is 19.2 Å². The monoisotopic (exact) mass is 485 g/mol. The van der Waals surface area contributed by atoms with Gasteiger partial charge in [0, 0.05) is 18.2 Å². The number of nitrogens with zero attached hydrogens (tertiary/aromatic N) is 2. The number of hydrogen-bond donors (Lipinski definition) is 3. The van der Waals surface area contributed by atoms with Gasteiger partial charge in [0.1, 0.15) is 0 Å². The Bertz CT molecular complexity index is 1070. The number of amides is 2. The molecule has 1 heterocycles. The quantitative estimate of drug-likeness (QED) is 0.438. The summed E-state index contributed by atoms with van der Waals surface area (Å²) < 4.78 is 4.80. The molecule has 1 unspecified atom stereocenters. The Morgan fingerprint density at radius 1 is 1.14 bits per heavy atom. The lowest BCUT2D eigenvalue weighted by Crippen LogP contribution is -2.52. The lowest BCUT2D eigenvalue weighted by molar-refractivity contribution is -0.127. The smallest absolute Gasteiger partial charge is 0.384 e. The molecule has 0 saturated heterocycles. The molecule has 10 nitrogen and oxygen atoms in total. The maximum absolute atomic E-state index is 13.3. The summed E-state index contributed by atoms with van der Waals surface area (Å²) in [6.07, 6.45) is 3.42. The summed E-state index contributed by atoms with van der Waals surface area (Å²) >= 11 is 0. The van der Waals surface area contributed by atoms with E-state index in [4.69, 9.17) is 4.42 Å². The van der Waals surface area contributed by atoms with E-state index in [1.165, 1.54) is 0 Å². The lowest BCUT2D eigenvalue weighted by atomic mass is 9.83. The first kappa shape index (κ1) is 26.3. The van der Waals surface area contributed by atoms with Crippen LogP contribution in [0.25, 0.3) is 0 Å². The zero-order valence-corrected chi connectivity index (χ0v) is 20.8. The van der Waals surface area contributed by atoms with Crippen LogP contribution in [0.5, 0.6) is 0 Å². The minimum Gasteiger partial charge on any atom is -0.384 e. The molecule has 0 radical (unpaired) electrons. The van der Waals surface area contributed by atoms with E-state index in [2.05, 4.69) is 25.7 Å². The van der Waals surface area contributed by atoms with Crippen molar-refractivity contribution in [3.05, 3.63) is 51.8 Å². The fourth-order valence-corrected chi connectivity index (χ4v) is 4.46. The number of hydrogen-bond acceptors (Lipinski definition) is 7. The van der Waals surface area contributed by atoms with Gasteiger partial charge in [0.15, 0.2) is 0 Å². The van der Waals surface area contributed by atoms with E-state index >= 15 is 0 Å². The Morgan fingerprint density at radius 2 is 1.83 bits per heavy atom. The molecular weight excluding hydrogens is 450 g/mol. The zero-order chi connectivity index (χ0) is 25.5. The third-order valence-corrected chi connectivity index (χ3v) is 6.12. The molecule has 1 saturated carbocycles. The number of Topliss-reactive ketones (excluding diaryl/α,β-unsaturated/α-hetero) is 1. The van der Waals surface area contributed by atoms with Crippen LogP contribution in [0.2, 0.25) is 0 Å². The van der Waals surface area contributed by atoms with Crippen molar-refractivity contribution in [1.82, 2.24) is 25.7 Å². The average molecular weight is 486 g/mol. The van der Waals surface area contributed by atoms with Crippen LogP contribution in [0.1, 0.15) is 72.6 Å². The van der Waals surface area contributed by atoms with E-state index < -0.39 is 23.5 Å². The van der Waals surface area contributed by atoms with E-state index in [-0.39, 0.29) is 29.7 Å². The molecule has 3 N–H and O–H groups in total. The molecule has 2 amide bonds. The number of nitrogens with one attached hydrogen (secondary N) is 3. The Morgan fingerprint density at radius 3 is 2.43 bits per heavy atom. The fourth-order valence-electron chi connectivity index (χ4n) is 4.46. The van der Waals surface area contributed by atoms with E-state index in [0.29, 0.717) is 24.8 Å². The highest BCUT2D eigenvalue weighted by atomic mass is 16.4. The molecule has 1 fully saturated rings. The first-order valence-corrected chi connectivity index (χ1v) is 12.1. The number of carbonyl (C=O) groups is 3. The minimum atomic E-state index is -0.878. The van der Waals surface area contributed by atoms with Crippen molar-refractivity contribution in [2.75, 3.05) is 14.1 Å². The van der Waals surface area contributed by atoms with E-state index in [1.54, 1.807) is 12.1 Å². The molecule has 190 valence electrons. The summed E-state index contributed by atoms with van der Waals surface area (Å²) in [5.74, 6) is -2.62. The standard InChI is InChI=1S/C25H35N5O5/c1-15(2)13-20(21(31)24-28-29-25(34)35-24)27-23(33)18-7-5-6-8-19(18)26-22(32)17-11-9-16(10-12-17)14-30(3)4/h9-12,15,18-20H,5-8,13-14H2,1-4H3,(H,26,32)(H,27,33)(H,29,34)/t18-,19+,20?/m1/s1. The summed E-state index contributed by atoms with van der Waals surface area (Å²) in [7, 11) is 3.97. The van der Waals surface area contributed by atoms with Gasteiger partial charge < -0.3 is 20.0 Å². The molecule has 1 aromatic carbocycles. The first-order valence-electron chi connectivity index (χ1n) is 12.1. The number of aromatic nitrogens is 2. The molecule has 2 aromatic rings. The number of benzene rings is 1. The van der Waals surface area contributed by atoms with Gasteiger partial charge in [-0.3, -0.25) is 14.4 Å². The highest BCUT2D eigenvalue weighted by Gasteiger charge is 2.35. The van der Waals surface area contributed by atoms with E-state index in [0.717, 1.165) is 24.9 Å². The van der Waals surface area contributed by atoms with Gasteiger partial charge in [0.2, 0.25) is 11.7 Å². The molecule has 10 heteroatoms. The summed E-state index contributed by atoms with van der Waals surface area (Å²) in [6, 6.07) is 6.22. The number of rotatable bonds is 10. The summed E-state index contributed by atoms with van der Waals surface area (Å²) in [4.78, 5) is 52.4. The van der Waals surface area contributed by atoms with Crippen LogP contribution in [-0.2, 0) is 11.3 Å². The topological polar surface area (TPSA) is 137 Å². The predicted octanol–water partition coefficient (Wildman–Crippen LogP) is 2.13. The van der Waals surface area contributed by atoms with Crippen molar-refractivity contribution in [2.45, 2.75) is 64.6 Å². The Hall–Kier alpha value is -3.27. The molecule has 1 aliphatic carbocycles. The van der Waals surface area contributed by atoms with Crippen molar-refractivity contribution in [3.8, 4) is 0 Å². The summed E-state index contributed by atoms with van der Waals surface area (Å²) in [5.41, 5.74) is 1.65. The number of aromatic amines is 1. The van der Waals surface area contributed by atoms with Crippen LogP contribution in [0.4, 0.5) is 0 Å². The van der Waals surface area contributed by atoms with Crippen LogP contribution >= 0.6 is 0 Å². The number of ketones is 1. The highest BCUT2D eigenvalue weighted by Crippen LogP contribution is 2.26. The SMILES string of the molecule is CC(C)CC(NC(=O)[C@@H]1CCCC[C@@H]1NC(=O)c1ccc(CN(C)C)cc1)C(=O)c1n[nH]c(=O)o1. The highest BCUT2D eigenvalue weighted by molar-refractivity contribution is 5.99. The molecule has 0 aliphatic heterocycles. The number of H-pyrrole nitrogens is 1. The van der Waals surface area contributed by atoms with Crippen LogP contribution in [0.3, 0.4) is 0 Å². The largest absolute Gasteiger partial charge is 0.434 e. The molecule has 0 bridgehead atoms. The second-order valence-electron chi connectivity index (χ2n) is 9.88. The third kappa shape index (κ3) is 7.35. The van der Waals surface area contributed by atoms with Crippen LogP contribution < -0.4 is 16.4 Å². The van der Waals surface area contributed by atoms with Gasteiger partial charge in [0.25, 0.3) is 11.8 Å².